The topological polar surface area (TPSA) is 40.6 Å². The molecule has 0 aromatic heterocycles. The van der Waals surface area contributed by atoms with Crippen LogP contribution in [0.2, 0.25) is 0 Å². The van der Waals surface area contributed by atoms with Gasteiger partial charge in [0.1, 0.15) is 11.3 Å². The number of amides is 1. The van der Waals surface area contributed by atoms with Crippen LogP contribution in [-0.2, 0) is 9.59 Å². The van der Waals surface area contributed by atoms with Gasteiger partial charge >= 0.3 is 0 Å². The number of nitrogens with zero attached hydrogens (tertiary/aromatic N) is 2. The minimum absolute atomic E-state index is 0.139. The maximum Gasteiger partial charge on any atom is 0.243 e. The van der Waals surface area contributed by atoms with Gasteiger partial charge in [0, 0.05) is 25.9 Å². The zero-order chi connectivity index (χ0) is 12.7. The molecule has 1 amide bonds. The van der Waals surface area contributed by atoms with Crippen molar-refractivity contribution >= 4 is 11.7 Å². The lowest BCUT2D eigenvalue weighted by molar-refractivity contribution is -0.181. The standard InChI is InChI=1S/C14H20N2O2/c1-9-10-6-13-4-3-5-16(13)8-14(10,7-11(9)17)15(2)12(13)18/h9-10H,3-8H2,1-2H3. The summed E-state index contributed by atoms with van der Waals surface area (Å²) in [6.45, 7) is 4.03. The molecule has 4 aliphatic heterocycles. The van der Waals surface area contributed by atoms with Crippen molar-refractivity contribution in [3.8, 4) is 0 Å². The summed E-state index contributed by atoms with van der Waals surface area (Å²) in [7, 11) is 1.93. The van der Waals surface area contributed by atoms with Crippen LogP contribution in [-0.4, -0.2) is 52.7 Å². The minimum Gasteiger partial charge on any atom is -0.336 e. The molecular weight excluding hydrogens is 228 g/mol. The first-order valence-electron chi connectivity index (χ1n) is 7.07. The molecule has 1 saturated carbocycles. The quantitative estimate of drug-likeness (QED) is 0.632. The summed E-state index contributed by atoms with van der Waals surface area (Å²) in [5, 5.41) is 0. The minimum atomic E-state index is -0.250. The van der Waals surface area contributed by atoms with E-state index < -0.39 is 0 Å². The number of rotatable bonds is 0. The maximum absolute atomic E-state index is 12.7. The van der Waals surface area contributed by atoms with Gasteiger partial charge in [0.05, 0.1) is 5.54 Å². The highest BCUT2D eigenvalue weighted by molar-refractivity contribution is 5.94. The van der Waals surface area contributed by atoms with Crippen LogP contribution in [0.5, 0.6) is 0 Å². The number of piperazine rings is 1. The molecule has 5 aliphatic rings. The van der Waals surface area contributed by atoms with E-state index in [-0.39, 0.29) is 22.9 Å². The Hall–Kier alpha value is -0.900. The highest BCUT2D eigenvalue weighted by Gasteiger charge is 2.70. The van der Waals surface area contributed by atoms with Gasteiger partial charge in [-0.3, -0.25) is 14.5 Å². The van der Waals surface area contributed by atoms with Crippen LogP contribution in [0.4, 0.5) is 0 Å². The van der Waals surface area contributed by atoms with E-state index in [4.69, 9.17) is 0 Å². The molecule has 5 fully saturated rings. The van der Waals surface area contributed by atoms with Crippen LogP contribution >= 0.6 is 0 Å². The molecule has 0 aromatic rings. The lowest BCUT2D eigenvalue weighted by Gasteiger charge is -2.62. The second-order valence-corrected chi connectivity index (χ2v) is 6.77. The van der Waals surface area contributed by atoms with Gasteiger partial charge in [-0.25, -0.2) is 0 Å². The molecule has 18 heavy (non-hydrogen) atoms. The molecule has 2 bridgehead atoms. The molecular formula is C14H20N2O2. The van der Waals surface area contributed by atoms with E-state index >= 15 is 0 Å². The summed E-state index contributed by atoms with van der Waals surface area (Å²) < 4.78 is 0. The van der Waals surface area contributed by atoms with Crippen LogP contribution in [0.15, 0.2) is 0 Å². The summed E-state index contributed by atoms with van der Waals surface area (Å²) in [6, 6.07) is 0. The number of carbonyl (C=O) groups is 2. The highest BCUT2D eigenvalue weighted by Crippen LogP contribution is 2.58. The molecule has 5 rings (SSSR count). The molecule has 0 radical (unpaired) electrons. The number of ketones is 1. The molecule has 4 saturated heterocycles. The number of piperidine rings is 2. The molecule has 98 valence electrons. The lowest BCUT2D eigenvalue weighted by Crippen LogP contribution is -2.78. The molecule has 4 heterocycles. The predicted molar refractivity (Wildman–Crippen MR) is 65.9 cm³/mol. The fourth-order valence-electron chi connectivity index (χ4n) is 5.23. The summed E-state index contributed by atoms with van der Waals surface area (Å²) in [4.78, 5) is 29.2. The molecule has 2 spiro atoms. The zero-order valence-electron chi connectivity index (χ0n) is 11.1. The van der Waals surface area contributed by atoms with E-state index in [0.29, 0.717) is 18.1 Å². The van der Waals surface area contributed by atoms with Crippen LogP contribution in [0, 0.1) is 11.8 Å². The molecule has 1 aliphatic carbocycles. The average molecular weight is 248 g/mol. The van der Waals surface area contributed by atoms with Crippen LogP contribution in [0.3, 0.4) is 0 Å². The molecule has 4 nitrogen and oxygen atoms in total. The first-order valence-corrected chi connectivity index (χ1v) is 7.07. The Morgan fingerprint density at radius 1 is 1.33 bits per heavy atom. The van der Waals surface area contributed by atoms with Crippen molar-refractivity contribution in [2.75, 3.05) is 20.1 Å². The number of hydrogen-bond acceptors (Lipinski definition) is 3. The molecule has 0 aromatic carbocycles. The third-order valence-electron chi connectivity index (χ3n) is 6.30. The third-order valence-corrected chi connectivity index (χ3v) is 6.30. The van der Waals surface area contributed by atoms with Gasteiger partial charge in [0.15, 0.2) is 0 Å². The summed E-state index contributed by atoms with van der Waals surface area (Å²) in [5.74, 6) is 1.17. The van der Waals surface area contributed by atoms with Crippen molar-refractivity contribution in [2.45, 2.75) is 43.7 Å². The van der Waals surface area contributed by atoms with Gasteiger partial charge in [-0.05, 0) is 31.7 Å². The normalized spacial score (nSPS) is 50.9. The Bertz CT molecular complexity index is 463. The summed E-state index contributed by atoms with van der Waals surface area (Å²) in [5.41, 5.74) is -0.431. The molecule has 4 atom stereocenters. The Labute approximate surface area is 107 Å². The van der Waals surface area contributed by atoms with E-state index in [2.05, 4.69) is 11.8 Å². The zero-order valence-corrected chi connectivity index (χ0v) is 11.1. The first-order chi connectivity index (χ1) is 8.51. The SMILES string of the molecule is CC1C(=O)CC23CN4CCCC4(CC12)C(=O)N3C. The number of Topliss-reactive ketones (excluding diaryl/α,β-unsaturated/α-hetero) is 1. The van der Waals surface area contributed by atoms with Gasteiger partial charge in [0.2, 0.25) is 5.91 Å². The molecule has 4 unspecified atom stereocenters. The van der Waals surface area contributed by atoms with Gasteiger partial charge in [-0.15, -0.1) is 0 Å². The fourth-order valence-corrected chi connectivity index (χ4v) is 5.23. The number of carbonyl (C=O) groups excluding carboxylic acids is 2. The van der Waals surface area contributed by atoms with Gasteiger partial charge in [-0.1, -0.05) is 6.92 Å². The Morgan fingerprint density at radius 2 is 2.11 bits per heavy atom. The van der Waals surface area contributed by atoms with Crippen molar-refractivity contribution in [1.82, 2.24) is 9.80 Å². The second-order valence-electron chi connectivity index (χ2n) is 6.77. The average Bonchev–Trinajstić information content (AvgIpc) is 2.86. The van der Waals surface area contributed by atoms with E-state index in [1.54, 1.807) is 0 Å². The fraction of sp³-hybridized carbons (Fsp3) is 0.857. The Kier molecular flexibility index (Phi) is 1.82. The van der Waals surface area contributed by atoms with Gasteiger partial charge in [-0.2, -0.15) is 0 Å². The van der Waals surface area contributed by atoms with Crippen LogP contribution < -0.4 is 0 Å². The van der Waals surface area contributed by atoms with E-state index in [1.807, 2.05) is 11.9 Å². The van der Waals surface area contributed by atoms with Gasteiger partial charge in [0.25, 0.3) is 0 Å². The van der Waals surface area contributed by atoms with E-state index in [0.717, 1.165) is 32.4 Å². The molecule has 0 N–H and O–H groups in total. The maximum atomic E-state index is 12.7. The van der Waals surface area contributed by atoms with Crippen molar-refractivity contribution in [1.29, 1.82) is 0 Å². The number of hydrogen-bond donors (Lipinski definition) is 0. The van der Waals surface area contributed by atoms with Crippen molar-refractivity contribution in [2.24, 2.45) is 11.8 Å². The summed E-state index contributed by atoms with van der Waals surface area (Å²) in [6.07, 6.45) is 3.62. The lowest BCUT2D eigenvalue weighted by atomic mass is 9.64. The van der Waals surface area contributed by atoms with Crippen LogP contribution in [0.25, 0.3) is 0 Å². The van der Waals surface area contributed by atoms with Crippen molar-refractivity contribution in [3.63, 3.8) is 0 Å². The van der Waals surface area contributed by atoms with E-state index in [9.17, 15) is 9.59 Å². The molecule has 4 heteroatoms. The predicted octanol–water partition coefficient (Wildman–Crippen LogP) is 0.661. The Balaban J connectivity index is 1.88. The van der Waals surface area contributed by atoms with Crippen LogP contribution in [0.1, 0.15) is 32.6 Å². The highest BCUT2D eigenvalue weighted by atomic mass is 16.2. The van der Waals surface area contributed by atoms with Gasteiger partial charge < -0.3 is 4.90 Å². The smallest absolute Gasteiger partial charge is 0.243 e. The monoisotopic (exact) mass is 248 g/mol. The largest absolute Gasteiger partial charge is 0.336 e. The third kappa shape index (κ3) is 0.921. The number of fused-ring (bicyclic) bond motifs is 1. The van der Waals surface area contributed by atoms with Crippen molar-refractivity contribution in [3.05, 3.63) is 0 Å². The second kappa shape index (κ2) is 2.98. The summed E-state index contributed by atoms with van der Waals surface area (Å²) >= 11 is 0. The van der Waals surface area contributed by atoms with Crippen molar-refractivity contribution < 1.29 is 9.59 Å². The first kappa shape index (κ1) is 11.0. The Morgan fingerprint density at radius 3 is 2.89 bits per heavy atom. The number of likely N-dealkylation sites (N-methyl/N-ethyl adjacent to an activating group) is 1. The van der Waals surface area contributed by atoms with E-state index in [1.165, 1.54) is 0 Å².